The van der Waals surface area contributed by atoms with Crippen molar-refractivity contribution in [1.82, 2.24) is 19.7 Å². The fourth-order valence-corrected chi connectivity index (χ4v) is 5.42. The lowest BCUT2D eigenvalue weighted by Crippen LogP contribution is -2.33. The number of aromatic nitrogens is 3. The average molecular weight is 598 g/mol. The SMILES string of the molecule is COc1cc(O[C@@H]2CO[C@@H](C(=O)Nc3cnn(CC(=O)N4CCC(Oc5ccccc5Cc5ccccc5)C4)c3)C2)ccn1. The zero-order chi connectivity index (χ0) is 30.3. The van der Waals surface area contributed by atoms with Crippen LogP contribution < -0.4 is 19.5 Å². The second kappa shape index (κ2) is 13.6. The maximum Gasteiger partial charge on any atom is 0.253 e. The Morgan fingerprint density at radius 2 is 1.89 bits per heavy atom. The Kier molecular flexibility index (Phi) is 9.02. The van der Waals surface area contributed by atoms with Crippen LogP contribution in [0.15, 0.2) is 85.3 Å². The lowest BCUT2D eigenvalue weighted by atomic mass is 10.0. The van der Waals surface area contributed by atoms with Crippen LogP contribution in [0.2, 0.25) is 0 Å². The largest absolute Gasteiger partial charge is 0.488 e. The highest BCUT2D eigenvalue weighted by Gasteiger charge is 2.33. The Hall–Kier alpha value is -4.90. The highest BCUT2D eigenvalue weighted by atomic mass is 16.6. The predicted octanol–water partition coefficient (Wildman–Crippen LogP) is 3.73. The van der Waals surface area contributed by atoms with Gasteiger partial charge in [-0.25, -0.2) is 4.98 Å². The first-order valence-corrected chi connectivity index (χ1v) is 14.7. The van der Waals surface area contributed by atoms with Gasteiger partial charge >= 0.3 is 0 Å². The van der Waals surface area contributed by atoms with Crippen LogP contribution in [-0.4, -0.2) is 76.6 Å². The molecule has 2 amide bonds. The maximum atomic E-state index is 13.1. The van der Waals surface area contributed by atoms with Gasteiger partial charge in [0.25, 0.3) is 5.91 Å². The minimum Gasteiger partial charge on any atom is -0.488 e. The van der Waals surface area contributed by atoms with E-state index in [2.05, 4.69) is 33.6 Å². The molecule has 1 unspecified atom stereocenters. The highest BCUT2D eigenvalue weighted by Crippen LogP contribution is 2.26. The molecule has 2 fully saturated rings. The van der Waals surface area contributed by atoms with E-state index in [1.165, 1.54) is 23.6 Å². The van der Waals surface area contributed by atoms with Crippen LogP contribution in [0.3, 0.4) is 0 Å². The number of hydrogen-bond donors (Lipinski definition) is 1. The normalized spacial score (nSPS) is 19.5. The first-order valence-electron chi connectivity index (χ1n) is 14.7. The quantitative estimate of drug-likeness (QED) is 0.278. The first kappa shape index (κ1) is 29.2. The molecule has 11 heteroatoms. The molecule has 2 aliphatic rings. The molecule has 0 bridgehead atoms. The van der Waals surface area contributed by atoms with E-state index in [9.17, 15) is 9.59 Å². The van der Waals surface area contributed by atoms with Crippen molar-refractivity contribution >= 4 is 17.5 Å². The molecule has 4 aromatic rings. The fraction of sp³-hybridized carbons (Fsp3) is 0.333. The third kappa shape index (κ3) is 7.35. The van der Waals surface area contributed by atoms with Gasteiger partial charge in [0.2, 0.25) is 11.8 Å². The molecule has 0 spiro atoms. The van der Waals surface area contributed by atoms with E-state index in [0.29, 0.717) is 36.8 Å². The molecule has 6 rings (SSSR count). The minimum atomic E-state index is -0.659. The van der Waals surface area contributed by atoms with Crippen LogP contribution >= 0.6 is 0 Å². The van der Waals surface area contributed by atoms with Crippen molar-refractivity contribution in [2.75, 3.05) is 32.1 Å². The number of carbonyl (C=O) groups is 2. The monoisotopic (exact) mass is 597 g/mol. The van der Waals surface area contributed by atoms with E-state index in [1.807, 2.05) is 36.4 Å². The highest BCUT2D eigenvalue weighted by molar-refractivity contribution is 5.94. The van der Waals surface area contributed by atoms with Gasteiger partial charge < -0.3 is 29.2 Å². The molecule has 2 aromatic heterocycles. The number of anilines is 1. The number of methoxy groups -OCH3 is 1. The molecule has 2 aliphatic heterocycles. The molecule has 0 aliphatic carbocycles. The Labute approximate surface area is 255 Å². The van der Waals surface area contributed by atoms with Gasteiger partial charge in [0.05, 0.1) is 32.1 Å². The lowest BCUT2D eigenvalue weighted by molar-refractivity contribution is -0.131. The van der Waals surface area contributed by atoms with Crippen molar-refractivity contribution in [3.8, 4) is 17.4 Å². The molecule has 1 N–H and O–H groups in total. The van der Waals surface area contributed by atoms with E-state index in [-0.39, 0.29) is 37.2 Å². The summed E-state index contributed by atoms with van der Waals surface area (Å²) in [6.45, 7) is 1.48. The van der Waals surface area contributed by atoms with Gasteiger partial charge in [-0.3, -0.25) is 14.3 Å². The van der Waals surface area contributed by atoms with Crippen molar-refractivity contribution in [3.63, 3.8) is 0 Å². The van der Waals surface area contributed by atoms with Crippen LogP contribution in [0.25, 0.3) is 0 Å². The molecule has 3 atom stereocenters. The second-order valence-corrected chi connectivity index (χ2v) is 10.9. The summed E-state index contributed by atoms with van der Waals surface area (Å²) in [5, 5.41) is 7.10. The van der Waals surface area contributed by atoms with Crippen molar-refractivity contribution in [3.05, 3.63) is 96.4 Å². The number of para-hydroxylation sites is 1. The van der Waals surface area contributed by atoms with E-state index < -0.39 is 6.10 Å². The number of nitrogens with zero attached hydrogens (tertiary/aromatic N) is 4. The number of amides is 2. The summed E-state index contributed by atoms with van der Waals surface area (Å²) in [7, 11) is 1.54. The number of benzene rings is 2. The Bertz CT molecular complexity index is 1580. The van der Waals surface area contributed by atoms with Gasteiger partial charge in [0, 0.05) is 44.3 Å². The molecule has 228 valence electrons. The standard InChI is InChI=1S/C33H35N5O6/c1-41-31-17-26(11-13-34-31)43-28-16-30(42-22-28)33(40)36-25-18-35-38(19-25)21-32(39)37-14-12-27(20-37)44-29-10-6-5-9-24(29)15-23-7-3-2-4-8-23/h2-11,13,17-19,27-28,30H,12,14-16,20-22H2,1H3,(H,36,40)/t27?,28-,30+/m0/s1. The summed E-state index contributed by atoms with van der Waals surface area (Å²) in [6, 6.07) is 21.8. The second-order valence-electron chi connectivity index (χ2n) is 10.9. The van der Waals surface area contributed by atoms with Gasteiger partial charge in [-0.2, -0.15) is 5.10 Å². The molecule has 2 saturated heterocycles. The summed E-state index contributed by atoms with van der Waals surface area (Å²) in [4.78, 5) is 31.7. The molecular formula is C33H35N5O6. The molecule has 0 radical (unpaired) electrons. The van der Waals surface area contributed by atoms with E-state index >= 15 is 0 Å². The summed E-state index contributed by atoms with van der Waals surface area (Å²) < 4.78 is 24.6. The lowest BCUT2D eigenvalue weighted by Gasteiger charge is -2.19. The van der Waals surface area contributed by atoms with Crippen molar-refractivity contribution in [2.45, 2.75) is 44.1 Å². The van der Waals surface area contributed by atoms with Gasteiger partial charge in [0.15, 0.2) is 0 Å². The molecule has 2 aromatic carbocycles. The van der Waals surface area contributed by atoms with E-state index in [0.717, 1.165) is 24.2 Å². The van der Waals surface area contributed by atoms with Crippen molar-refractivity contribution < 1.29 is 28.5 Å². The van der Waals surface area contributed by atoms with Crippen LogP contribution in [0.1, 0.15) is 24.0 Å². The minimum absolute atomic E-state index is 0.0542. The topological polar surface area (TPSA) is 117 Å². The van der Waals surface area contributed by atoms with Gasteiger partial charge in [-0.1, -0.05) is 48.5 Å². The molecule has 11 nitrogen and oxygen atoms in total. The van der Waals surface area contributed by atoms with Crippen molar-refractivity contribution in [2.24, 2.45) is 0 Å². The van der Waals surface area contributed by atoms with Crippen molar-refractivity contribution in [1.29, 1.82) is 0 Å². The fourth-order valence-electron chi connectivity index (χ4n) is 5.42. The maximum absolute atomic E-state index is 13.1. The molecule has 0 saturated carbocycles. The summed E-state index contributed by atoms with van der Waals surface area (Å²) >= 11 is 0. The molecular weight excluding hydrogens is 562 g/mol. The number of pyridine rings is 1. The summed E-state index contributed by atoms with van der Waals surface area (Å²) in [5.41, 5.74) is 2.83. The van der Waals surface area contributed by atoms with Crippen LogP contribution in [0, 0.1) is 0 Å². The van der Waals surface area contributed by atoms with E-state index in [4.69, 9.17) is 18.9 Å². The number of ether oxygens (including phenoxy) is 4. The van der Waals surface area contributed by atoms with Crippen LogP contribution in [-0.2, 0) is 27.3 Å². The first-order chi connectivity index (χ1) is 21.5. The van der Waals surface area contributed by atoms with Crippen LogP contribution in [0.4, 0.5) is 5.69 Å². The van der Waals surface area contributed by atoms with Gasteiger partial charge in [-0.05, 0) is 23.3 Å². The summed E-state index contributed by atoms with van der Waals surface area (Å²) in [6.07, 6.45) is 5.69. The van der Waals surface area contributed by atoms with Crippen LogP contribution in [0.5, 0.6) is 17.4 Å². The number of hydrogen-bond acceptors (Lipinski definition) is 8. The third-order valence-corrected chi connectivity index (χ3v) is 7.67. The Balaban J connectivity index is 0.962. The smallest absolute Gasteiger partial charge is 0.253 e. The zero-order valence-electron chi connectivity index (χ0n) is 24.5. The Morgan fingerprint density at radius 1 is 1.05 bits per heavy atom. The number of nitrogens with one attached hydrogen (secondary N) is 1. The number of likely N-dealkylation sites (tertiary alicyclic amines) is 1. The average Bonchev–Trinajstić information content (AvgIpc) is 3.81. The number of carbonyl (C=O) groups excluding carboxylic acids is 2. The number of rotatable bonds is 11. The third-order valence-electron chi connectivity index (χ3n) is 7.67. The predicted molar refractivity (Wildman–Crippen MR) is 162 cm³/mol. The molecule has 44 heavy (non-hydrogen) atoms. The Morgan fingerprint density at radius 3 is 2.75 bits per heavy atom. The van der Waals surface area contributed by atoms with Gasteiger partial charge in [0.1, 0.15) is 36.4 Å². The summed E-state index contributed by atoms with van der Waals surface area (Å²) in [5.74, 6) is 1.55. The zero-order valence-corrected chi connectivity index (χ0v) is 24.5. The van der Waals surface area contributed by atoms with Gasteiger partial charge in [-0.15, -0.1) is 0 Å². The van der Waals surface area contributed by atoms with E-state index in [1.54, 1.807) is 29.4 Å². The molecule has 4 heterocycles.